The number of nitrogens with zero attached hydrogens (tertiary/aromatic N) is 3. The Kier molecular flexibility index (Phi) is 4.28. The summed E-state index contributed by atoms with van der Waals surface area (Å²) in [6.07, 6.45) is 9.57. The largest absolute Gasteiger partial charge is 0.497 e. The molecule has 2 heterocycles. The van der Waals surface area contributed by atoms with Crippen LogP contribution in [0.25, 0.3) is 22.6 Å². The van der Waals surface area contributed by atoms with Gasteiger partial charge in [-0.25, -0.2) is 4.98 Å². The summed E-state index contributed by atoms with van der Waals surface area (Å²) in [5.74, 6) is 1.70. The lowest BCUT2D eigenvalue weighted by Gasteiger charge is -2.32. The summed E-state index contributed by atoms with van der Waals surface area (Å²) in [5, 5.41) is 0. The van der Waals surface area contributed by atoms with Crippen molar-refractivity contribution in [2.75, 3.05) is 12.0 Å². The lowest BCUT2D eigenvalue weighted by molar-refractivity contribution is -0.115. The zero-order valence-corrected chi connectivity index (χ0v) is 16.2. The van der Waals surface area contributed by atoms with E-state index in [1.54, 1.807) is 7.11 Å². The van der Waals surface area contributed by atoms with Crippen molar-refractivity contribution in [3.8, 4) is 28.4 Å². The fourth-order valence-corrected chi connectivity index (χ4v) is 3.98. The highest BCUT2D eigenvalue weighted by Crippen LogP contribution is 2.39. The number of ether oxygens (including phenoxy) is 1. The van der Waals surface area contributed by atoms with Gasteiger partial charge >= 0.3 is 0 Å². The summed E-state index contributed by atoms with van der Waals surface area (Å²) in [5.41, 5.74) is 4.81. The van der Waals surface area contributed by atoms with Crippen LogP contribution in [0.15, 0.2) is 78.5 Å². The van der Waals surface area contributed by atoms with Crippen molar-refractivity contribution in [1.82, 2.24) is 9.55 Å². The monoisotopic (exact) mass is 383 g/mol. The van der Waals surface area contributed by atoms with E-state index in [4.69, 9.17) is 4.74 Å². The van der Waals surface area contributed by atoms with E-state index in [-0.39, 0.29) is 5.91 Å². The molecule has 1 aromatic heterocycles. The molecule has 0 atom stereocenters. The van der Waals surface area contributed by atoms with Gasteiger partial charge in [0.15, 0.2) is 0 Å². The van der Waals surface area contributed by atoms with E-state index in [2.05, 4.69) is 21.7 Å². The first-order valence-electron chi connectivity index (χ1n) is 9.73. The van der Waals surface area contributed by atoms with Crippen LogP contribution in [-0.2, 0) is 11.5 Å². The van der Waals surface area contributed by atoms with Crippen LogP contribution in [0.2, 0.25) is 0 Å². The number of anilines is 1. The number of amides is 1. The fourth-order valence-electron chi connectivity index (χ4n) is 3.98. The van der Waals surface area contributed by atoms with E-state index in [0.29, 0.717) is 6.67 Å². The van der Waals surface area contributed by atoms with Gasteiger partial charge in [-0.1, -0.05) is 36.4 Å². The maximum atomic E-state index is 13.4. The van der Waals surface area contributed by atoms with Gasteiger partial charge in [0.25, 0.3) is 5.91 Å². The number of rotatable bonds is 3. The molecule has 0 fully saturated rings. The fraction of sp³-hybridized carbons (Fsp3) is 0.167. The molecule has 1 amide bonds. The van der Waals surface area contributed by atoms with Gasteiger partial charge in [-0.15, -0.1) is 0 Å². The number of fused-ring (bicyclic) bond motifs is 3. The van der Waals surface area contributed by atoms with Crippen LogP contribution in [-0.4, -0.2) is 22.6 Å². The van der Waals surface area contributed by atoms with Crippen molar-refractivity contribution in [2.45, 2.75) is 19.5 Å². The van der Waals surface area contributed by atoms with Gasteiger partial charge in [0, 0.05) is 16.7 Å². The molecule has 1 aliphatic heterocycles. The van der Waals surface area contributed by atoms with Crippen LogP contribution in [0.4, 0.5) is 5.69 Å². The predicted octanol–water partition coefficient (Wildman–Crippen LogP) is 4.81. The summed E-state index contributed by atoms with van der Waals surface area (Å²) < 4.78 is 7.38. The molecule has 0 spiro atoms. The van der Waals surface area contributed by atoms with Gasteiger partial charge in [-0.3, -0.25) is 9.69 Å². The standard InChI is InChI=1S/C24H21N3O2/c1-29-19-13-11-17(12-14-19)23-25-15-22-20-9-5-6-10-21(20)27(16-26(22)23)24(28)18-7-3-2-4-8-18/h2-3,5-7,9-15H,4,8,16H2,1H3. The number of benzene rings is 2. The number of para-hydroxylation sites is 1. The summed E-state index contributed by atoms with van der Waals surface area (Å²) in [4.78, 5) is 19.9. The van der Waals surface area contributed by atoms with E-state index in [1.807, 2.05) is 65.7 Å². The first-order chi connectivity index (χ1) is 14.3. The maximum absolute atomic E-state index is 13.4. The third-order valence-electron chi connectivity index (χ3n) is 5.49. The lowest BCUT2D eigenvalue weighted by Crippen LogP contribution is -2.37. The minimum atomic E-state index is 0.0573. The lowest BCUT2D eigenvalue weighted by atomic mass is 10.0. The molecule has 2 aliphatic rings. The Morgan fingerprint density at radius 1 is 1.10 bits per heavy atom. The molecule has 0 unspecified atom stereocenters. The van der Waals surface area contributed by atoms with Crippen molar-refractivity contribution in [1.29, 1.82) is 0 Å². The second-order valence-corrected chi connectivity index (χ2v) is 7.17. The molecule has 144 valence electrons. The smallest absolute Gasteiger partial charge is 0.255 e. The zero-order valence-electron chi connectivity index (χ0n) is 16.2. The Balaban J connectivity index is 1.60. The Morgan fingerprint density at radius 2 is 1.93 bits per heavy atom. The predicted molar refractivity (Wildman–Crippen MR) is 114 cm³/mol. The van der Waals surface area contributed by atoms with E-state index < -0.39 is 0 Å². The third-order valence-corrected chi connectivity index (χ3v) is 5.49. The van der Waals surface area contributed by atoms with Crippen molar-refractivity contribution in [3.63, 3.8) is 0 Å². The molecular weight excluding hydrogens is 362 g/mol. The quantitative estimate of drug-likeness (QED) is 0.652. The normalized spacial score (nSPS) is 14.8. The van der Waals surface area contributed by atoms with Crippen LogP contribution in [0.5, 0.6) is 5.75 Å². The minimum Gasteiger partial charge on any atom is -0.497 e. The highest BCUT2D eigenvalue weighted by molar-refractivity contribution is 6.08. The summed E-state index contributed by atoms with van der Waals surface area (Å²) in [6.45, 7) is 0.438. The molecular formula is C24H21N3O2. The maximum Gasteiger partial charge on any atom is 0.255 e. The van der Waals surface area contributed by atoms with E-state index in [1.165, 1.54) is 0 Å². The van der Waals surface area contributed by atoms with E-state index in [9.17, 15) is 4.79 Å². The molecule has 2 aromatic carbocycles. The Hall–Kier alpha value is -3.60. The SMILES string of the molecule is COc1ccc(-c2ncc3n2CN(C(=O)C2=CC=CCC2)c2ccccc2-3)cc1. The Morgan fingerprint density at radius 3 is 2.69 bits per heavy atom. The van der Waals surface area contributed by atoms with E-state index >= 15 is 0 Å². The highest BCUT2D eigenvalue weighted by atomic mass is 16.5. The average molecular weight is 383 g/mol. The first kappa shape index (κ1) is 17.5. The number of allylic oxidation sites excluding steroid dienone is 3. The molecule has 0 saturated carbocycles. The second kappa shape index (κ2) is 7.09. The second-order valence-electron chi connectivity index (χ2n) is 7.17. The Labute approximate surface area is 169 Å². The first-order valence-corrected chi connectivity index (χ1v) is 9.73. The molecule has 1 aliphatic carbocycles. The van der Waals surface area contributed by atoms with Crippen LogP contribution < -0.4 is 9.64 Å². The van der Waals surface area contributed by atoms with Gasteiger partial charge < -0.3 is 9.30 Å². The summed E-state index contributed by atoms with van der Waals surface area (Å²) in [6, 6.07) is 15.9. The topological polar surface area (TPSA) is 47.4 Å². The average Bonchev–Trinajstić information content (AvgIpc) is 3.23. The van der Waals surface area contributed by atoms with E-state index in [0.717, 1.165) is 52.5 Å². The van der Waals surface area contributed by atoms with Crippen molar-refractivity contribution in [2.24, 2.45) is 0 Å². The molecule has 5 heteroatoms. The van der Waals surface area contributed by atoms with Gasteiger partial charge in [-0.2, -0.15) is 0 Å². The van der Waals surface area contributed by atoms with Crippen LogP contribution in [0.3, 0.4) is 0 Å². The summed E-state index contributed by atoms with van der Waals surface area (Å²) >= 11 is 0. The third kappa shape index (κ3) is 2.95. The van der Waals surface area contributed by atoms with Crippen LogP contribution in [0, 0.1) is 0 Å². The minimum absolute atomic E-state index is 0.0573. The molecule has 0 radical (unpaired) electrons. The van der Waals surface area contributed by atoms with Crippen molar-refractivity contribution < 1.29 is 9.53 Å². The van der Waals surface area contributed by atoms with Crippen LogP contribution in [0.1, 0.15) is 12.8 Å². The summed E-state index contributed by atoms with van der Waals surface area (Å²) in [7, 11) is 1.65. The number of imidazole rings is 1. The molecule has 5 rings (SSSR count). The number of hydrogen-bond acceptors (Lipinski definition) is 3. The number of carbonyl (C=O) groups is 1. The number of carbonyl (C=O) groups excluding carboxylic acids is 1. The van der Waals surface area contributed by atoms with Gasteiger partial charge in [0.2, 0.25) is 0 Å². The molecule has 3 aromatic rings. The molecule has 0 N–H and O–H groups in total. The zero-order chi connectivity index (χ0) is 19.8. The molecule has 29 heavy (non-hydrogen) atoms. The number of aromatic nitrogens is 2. The van der Waals surface area contributed by atoms with Crippen molar-refractivity contribution in [3.05, 3.63) is 78.5 Å². The highest BCUT2D eigenvalue weighted by Gasteiger charge is 2.30. The van der Waals surface area contributed by atoms with Gasteiger partial charge in [0.05, 0.1) is 24.7 Å². The molecule has 5 nitrogen and oxygen atoms in total. The van der Waals surface area contributed by atoms with Crippen LogP contribution >= 0.6 is 0 Å². The molecule has 0 saturated heterocycles. The molecule has 0 bridgehead atoms. The number of hydrogen-bond donors (Lipinski definition) is 0. The Bertz CT molecular complexity index is 1140. The van der Waals surface area contributed by atoms with Gasteiger partial charge in [-0.05, 0) is 43.2 Å². The van der Waals surface area contributed by atoms with Crippen molar-refractivity contribution >= 4 is 11.6 Å². The number of methoxy groups -OCH3 is 1. The van der Waals surface area contributed by atoms with Gasteiger partial charge in [0.1, 0.15) is 18.2 Å².